The fourth-order valence-corrected chi connectivity index (χ4v) is 9.32. The normalized spacial score (nSPS) is 12.9. The molecule has 1 aliphatic carbocycles. The van der Waals surface area contributed by atoms with Crippen LogP contribution in [0, 0.1) is 0 Å². The van der Waals surface area contributed by atoms with E-state index in [-0.39, 0.29) is 5.41 Å². The zero-order valence-corrected chi connectivity index (χ0v) is 33.5. The number of hydrogen-bond acceptors (Lipinski definition) is 5. The summed E-state index contributed by atoms with van der Waals surface area (Å²) in [6, 6.07) is 65.3. The number of fused-ring (bicyclic) bond motifs is 7. The summed E-state index contributed by atoms with van der Waals surface area (Å²) in [5.74, 6) is 2.69. The topological polar surface area (TPSA) is 69.6 Å². The summed E-state index contributed by atoms with van der Waals surface area (Å²) in [5.41, 5.74) is 15.3. The fraction of sp³-hybridized carbons (Fsp3) is 0.0545. The van der Waals surface area contributed by atoms with Crippen molar-refractivity contribution in [1.82, 2.24) is 24.5 Å². The summed E-state index contributed by atoms with van der Waals surface area (Å²) in [6.07, 6.45) is 0. The Balaban J connectivity index is 1.03. The molecule has 0 atom stereocenters. The van der Waals surface area contributed by atoms with E-state index in [4.69, 9.17) is 24.4 Å². The first-order valence-electron chi connectivity index (χ1n) is 20.6. The van der Waals surface area contributed by atoms with Crippen LogP contribution in [0.1, 0.15) is 25.0 Å². The standard InChI is InChI=1S/C55H37N5O/c1-55(2)44-24-8-6-20-42(44)49-43(23-14-25-45(49)55)53-58-51(35-31-29-34(30-32-35)39-21-13-22-41-40-19-7-11-28-48(40)61-50(39)41)57-52(59-53)37-17-12-18-38(33-37)60-47-27-10-9-26-46(47)56-54(60)36-15-4-3-5-16-36/h3-33H,1-2H3. The molecule has 0 N–H and O–H groups in total. The Morgan fingerprint density at radius 1 is 0.443 bits per heavy atom. The minimum Gasteiger partial charge on any atom is -0.455 e. The van der Waals surface area contributed by atoms with Crippen LogP contribution in [0.3, 0.4) is 0 Å². The Labute approximate surface area is 352 Å². The third kappa shape index (κ3) is 5.56. The zero-order chi connectivity index (χ0) is 40.7. The Kier molecular flexibility index (Phi) is 7.78. The predicted molar refractivity (Wildman–Crippen MR) is 246 cm³/mol. The molecule has 0 unspecified atom stereocenters. The highest BCUT2D eigenvalue weighted by Gasteiger charge is 2.37. The number of para-hydroxylation sites is 4. The molecule has 0 aliphatic heterocycles. The molecule has 6 nitrogen and oxygen atoms in total. The number of benzene rings is 8. The molecule has 6 heteroatoms. The SMILES string of the molecule is CC1(C)c2ccccc2-c2c(-c3nc(-c4ccc(-c5cccc6c5oc5ccccc56)cc4)nc(-c4cccc(-n5c(-c6ccccc6)nc6ccccc65)c4)n3)cccc21. The molecule has 0 fully saturated rings. The highest BCUT2D eigenvalue weighted by Crippen LogP contribution is 2.51. The highest BCUT2D eigenvalue weighted by atomic mass is 16.3. The summed E-state index contributed by atoms with van der Waals surface area (Å²) in [6.45, 7) is 4.60. The molecule has 1 aliphatic rings. The van der Waals surface area contributed by atoms with Gasteiger partial charge in [-0.05, 0) is 58.1 Å². The van der Waals surface area contributed by atoms with Gasteiger partial charge in [0.15, 0.2) is 17.5 Å². The Hall–Kier alpha value is -7.96. The predicted octanol–water partition coefficient (Wildman–Crippen LogP) is 13.8. The molecule has 3 aromatic heterocycles. The molecule has 61 heavy (non-hydrogen) atoms. The van der Waals surface area contributed by atoms with Gasteiger partial charge in [-0.2, -0.15) is 0 Å². The molecule has 0 spiro atoms. The fourth-order valence-electron chi connectivity index (χ4n) is 9.32. The lowest BCUT2D eigenvalue weighted by atomic mass is 9.82. The lowest BCUT2D eigenvalue weighted by Crippen LogP contribution is -2.14. The van der Waals surface area contributed by atoms with E-state index in [2.05, 4.69) is 182 Å². The van der Waals surface area contributed by atoms with E-state index in [9.17, 15) is 0 Å². The second-order valence-corrected chi connectivity index (χ2v) is 16.2. The van der Waals surface area contributed by atoms with E-state index in [1.165, 1.54) is 22.3 Å². The smallest absolute Gasteiger partial charge is 0.164 e. The lowest BCUT2D eigenvalue weighted by Gasteiger charge is -2.21. The van der Waals surface area contributed by atoms with Crippen LogP contribution in [0.5, 0.6) is 0 Å². The number of aromatic nitrogens is 5. The van der Waals surface area contributed by atoms with Gasteiger partial charge in [0.05, 0.1) is 11.0 Å². The van der Waals surface area contributed by atoms with E-state index in [0.29, 0.717) is 17.5 Å². The molecule has 288 valence electrons. The molecule has 0 saturated carbocycles. The third-order valence-electron chi connectivity index (χ3n) is 12.3. The minimum atomic E-state index is -0.169. The Morgan fingerprint density at radius 2 is 1.07 bits per heavy atom. The van der Waals surface area contributed by atoms with Crippen molar-refractivity contribution in [3.8, 4) is 73.5 Å². The summed E-state index contributed by atoms with van der Waals surface area (Å²) < 4.78 is 8.64. The first kappa shape index (κ1) is 35.0. The number of hydrogen-bond donors (Lipinski definition) is 0. The Morgan fingerprint density at radius 3 is 1.95 bits per heavy atom. The van der Waals surface area contributed by atoms with E-state index in [0.717, 1.165) is 77.9 Å². The summed E-state index contributed by atoms with van der Waals surface area (Å²) in [4.78, 5) is 21.0. The van der Waals surface area contributed by atoms with Gasteiger partial charge in [0.25, 0.3) is 0 Å². The van der Waals surface area contributed by atoms with Gasteiger partial charge in [0, 0.05) is 49.7 Å². The van der Waals surface area contributed by atoms with Gasteiger partial charge in [-0.1, -0.05) is 172 Å². The van der Waals surface area contributed by atoms with Crippen LogP contribution >= 0.6 is 0 Å². The van der Waals surface area contributed by atoms with Gasteiger partial charge in [-0.15, -0.1) is 0 Å². The minimum absolute atomic E-state index is 0.169. The van der Waals surface area contributed by atoms with Crippen LogP contribution in [0.4, 0.5) is 0 Å². The average Bonchev–Trinajstić information content (AvgIpc) is 3.97. The van der Waals surface area contributed by atoms with Crippen molar-refractivity contribution in [3.63, 3.8) is 0 Å². The van der Waals surface area contributed by atoms with Gasteiger partial charge in [0.1, 0.15) is 17.0 Å². The van der Waals surface area contributed by atoms with Crippen LogP contribution in [-0.4, -0.2) is 24.5 Å². The van der Waals surface area contributed by atoms with Gasteiger partial charge < -0.3 is 4.42 Å². The molecule has 0 radical (unpaired) electrons. The van der Waals surface area contributed by atoms with Gasteiger partial charge in [0.2, 0.25) is 0 Å². The van der Waals surface area contributed by atoms with E-state index < -0.39 is 0 Å². The van der Waals surface area contributed by atoms with Crippen molar-refractivity contribution >= 4 is 33.0 Å². The molecular weight excluding hydrogens is 747 g/mol. The molecule has 11 aromatic rings. The van der Waals surface area contributed by atoms with Crippen LogP contribution in [0.2, 0.25) is 0 Å². The first-order valence-corrected chi connectivity index (χ1v) is 20.6. The van der Waals surface area contributed by atoms with Crippen molar-refractivity contribution in [3.05, 3.63) is 199 Å². The number of nitrogens with zero attached hydrogens (tertiary/aromatic N) is 5. The maximum Gasteiger partial charge on any atom is 0.164 e. The monoisotopic (exact) mass is 783 g/mol. The maximum atomic E-state index is 6.41. The maximum absolute atomic E-state index is 6.41. The zero-order valence-electron chi connectivity index (χ0n) is 33.5. The van der Waals surface area contributed by atoms with E-state index in [1.54, 1.807) is 0 Å². The number of furan rings is 1. The molecule has 0 bridgehead atoms. The second kappa shape index (κ2) is 13.5. The molecule has 0 saturated heterocycles. The van der Waals surface area contributed by atoms with Crippen LogP contribution in [-0.2, 0) is 5.41 Å². The van der Waals surface area contributed by atoms with Gasteiger partial charge >= 0.3 is 0 Å². The van der Waals surface area contributed by atoms with Gasteiger partial charge in [-0.3, -0.25) is 4.57 Å². The summed E-state index contributed by atoms with van der Waals surface area (Å²) in [5, 5.41) is 2.21. The van der Waals surface area contributed by atoms with E-state index >= 15 is 0 Å². The first-order chi connectivity index (χ1) is 30.0. The third-order valence-corrected chi connectivity index (χ3v) is 12.3. The van der Waals surface area contributed by atoms with Crippen LogP contribution in [0.15, 0.2) is 192 Å². The summed E-state index contributed by atoms with van der Waals surface area (Å²) in [7, 11) is 0. The Bertz CT molecular complexity index is 3510. The number of imidazole rings is 1. The quantitative estimate of drug-likeness (QED) is 0.168. The average molecular weight is 784 g/mol. The summed E-state index contributed by atoms with van der Waals surface area (Å²) >= 11 is 0. The molecule has 8 aromatic carbocycles. The van der Waals surface area contributed by atoms with Crippen molar-refractivity contribution in [2.75, 3.05) is 0 Å². The molecule has 12 rings (SSSR count). The second-order valence-electron chi connectivity index (χ2n) is 16.2. The van der Waals surface area contributed by atoms with Gasteiger partial charge in [-0.25, -0.2) is 19.9 Å². The molecule has 0 amide bonds. The van der Waals surface area contributed by atoms with Crippen LogP contribution < -0.4 is 0 Å². The molecular formula is C55H37N5O. The van der Waals surface area contributed by atoms with Crippen molar-refractivity contribution in [1.29, 1.82) is 0 Å². The molecule has 3 heterocycles. The van der Waals surface area contributed by atoms with Crippen molar-refractivity contribution in [2.45, 2.75) is 19.3 Å². The van der Waals surface area contributed by atoms with E-state index in [1.807, 2.05) is 24.3 Å². The highest BCUT2D eigenvalue weighted by molar-refractivity contribution is 6.09. The van der Waals surface area contributed by atoms with Crippen molar-refractivity contribution in [2.24, 2.45) is 0 Å². The lowest BCUT2D eigenvalue weighted by molar-refractivity contribution is 0.660. The number of rotatable bonds is 6. The van der Waals surface area contributed by atoms with Crippen molar-refractivity contribution < 1.29 is 4.42 Å². The largest absolute Gasteiger partial charge is 0.455 e. The van der Waals surface area contributed by atoms with Crippen LogP contribution in [0.25, 0.3) is 106 Å².